The molecule has 0 fully saturated rings. The predicted octanol–water partition coefficient (Wildman–Crippen LogP) is 22.3. The monoisotopic (exact) mass is 1210 g/mol. The SMILES string of the molecule is CC.CC.CC.CC.CC.CC.CC.CC.Cc1cc(C)ncn1.Cc1ccc(C)o1.Cc1ccc(C)s1.Cc1ccc2c(ccc3cc(C)ccc32)c1.Cc1ccnc(C)n1.Cc1ccnc(C)n1.Cc1cncc(C)n1.Cc1nc(C)nc(C)n1. The Labute approximate surface area is 535 Å². The van der Waals surface area contributed by atoms with Crippen LogP contribution in [0.3, 0.4) is 0 Å². The van der Waals surface area contributed by atoms with E-state index in [0.717, 1.165) is 74.8 Å². The van der Waals surface area contributed by atoms with Gasteiger partial charge in [-0.1, -0.05) is 170 Å². The third kappa shape index (κ3) is 48.3. The summed E-state index contributed by atoms with van der Waals surface area (Å²) in [6, 6.07) is 31.6. The van der Waals surface area contributed by atoms with Gasteiger partial charge >= 0.3 is 0 Å². The molecule has 0 amide bonds. The third-order valence-electron chi connectivity index (χ3n) is 9.51. The molecule has 7 heterocycles. The molecule has 0 atom stereocenters. The Morgan fingerprint density at radius 1 is 0.287 bits per heavy atom. The minimum absolute atomic E-state index is 0.792. The van der Waals surface area contributed by atoms with Gasteiger partial charge in [-0.05, 0) is 182 Å². The summed E-state index contributed by atoms with van der Waals surface area (Å²) in [6.45, 7) is 65.4. The zero-order valence-electron chi connectivity index (χ0n) is 60.8. The highest BCUT2D eigenvalue weighted by Gasteiger charge is 2.01. The molecule has 0 saturated carbocycles. The average Bonchev–Trinajstić information content (AvgIpc) is 2.68. The largest absolute Gasteiger partial charge is 0.467 e. The van der Waals surface area contributed by atoms with E-state index in [9.17, 15) is 0 Å². The van der Waals surface area contributed by atoms with E-state index in [4.69, 9.17) is 4.42 Å². The van der Waals surface area contributed by atoms with Crippen LogP contribution >= 0.6 is 11.3 Å². The molecule has 13 heteroatoms. The molecule has 0 unspecified atom stereocenters. The van der Waals surface area contributed by atoms with Gasteiger partial charge in [-0.25, -0.2) is 44.9 Å². The average molecular weight is 1210 g/mol. The fourth-order valence-corrected chi connectivity index (χ4v) is 7.31. The lowest BCUT2D eigenvalue weighted by molar-refractivity contribution is 0.504. The lowest BCUT2D eigenvalue weighted by Crippen LogP contribution is -1.97. The Hall–Kier alpha value is -7.51. The van der Waals surface area contributed by atoms with Crippen LogP contribution in [0, 0.1) is 118 Å². The summed E-state index contributed by atoms with van der Waals surface area (Å²) in [5.74, 6) is 6.02. The molecule has 0 N–H and O–H groups in total. The minimum atomic E-state index is 0.792. The minimum Gasteiger partial charge on any atom is -0.467 e. The van der Waals surface area contributed by atoms with Gasteiger partial charge in [0.15, 0.2) is 0 Å². The topological polar surface area (TPSA) is 155 Å². The maximum Gasteiger partial charge on any atom is 0.129 e. The number of nitrogens with zero attached hydrogens (tertiary/aromatic N) is 11. The van der Waals surface area contributed by atoms with Crippen molar-refractivity contribution in [3.05, 3.63) is 218 Å². The fourth-order valence-electron chi connectivity index (χ4n) is 6.53. The van der Waals surface area contributed by atoms with Crippen molar-refractivity contribution in [2.75, 3.05) is 0 Å². The molecule has 12 nitrogen and oxygen atoms in total. The predicted molar refractivity (Wildman–Crippen MR) is 384 cm³/mol. The van der Waals surface area contributed by atoms with Gasteiger partial charge in [-0.15, -0.1) is 11.3 Å². The first kappa shape index (κ1) is 90.7. The number of thiophene rings is 1. The van der Waals surface area contributed by atoms with Gasteiger partial charge < -0.3 is 4.42 Å². The van der Waals surface area contributed by atoms with E-state index < -0.39 is 0 Å². The van der Waals surface area contributed by atoms with Gasteiger partial charge in [0.2, 0.25) is 0 Å². The van der Waals surface area contributed by atoms with Gasteiger partial charge in [0.05, 0.1) is 11.4 Å². The second kappa shape index (κ2) is 60.2. The van der Waals surface area contributed by atoms with Crippen LogP contribution in [-0.4, -0.2) is 54.8 Å². The lowest BCUT2D eigenvalue weighted by atomic mass is 9.99. The lowest BCUT2D eigenvalue weighted by Gasteiger charge is -2.05. The van der Waals surface area contributed by atoms with Crippen molar-refractivity contribution in [1.29, 1.82) is 0 Å². The van der Waals surface area contributed by atoms with Crippen LogP contribution in [0.5, 0.6) is 0 Å². The third-order valence-corrected chi connectivity index (χ3v) is 10.4. The molecule has 10 rings (SSSR count). The molecule has 0 spiro atoms. The molecular formula is C74H119N11OS. The molecule has 0 bridgehead atoms. The zero-order chi connectivity index (χ0) is 68.5. The number of fused-ring (bicyclic) bond motifs is 3. The maximum atomic E-state index is 5.08. The van der Waals surface area contributed by atoms with E-state index in [1.807, 2.05) is 242 Å². The second-order valence-electron chi connectivity index (χ2n) is 16.9. The Morgan fingerprint density at radius 2 is 0.621 bits per heavy atom. The van der Waals surface area contributed by atoms with Crippen LogP contribution in [0.25, 0.3) is 21.5 Å². The van der Waals surface area contributed by atoms with E-state index in [1.165, 1.54) is 42.4 Å². The molecule has 87 heavy (non-hydrogen) atoms. The van der Waals surface area contributed by atoms with E-state index in [0.29, 0.717) is 0 Å². The summed E-state index contributed by atoms with van der Waals surface area (Å²) in [5, 5.41) is 5.36. The van der Waals surface area contributed by atoms with E-state index >= 15 is 0 Å². The number of hydrogen-bond donors (Lipinski definition) is 0. The van der Waals surface area contributed by atoms with Gasteiger partial charge in [-0.3, -0.25) is 9.97 Å². The van der Waals surface area contributed by atoms with Crippen LogP contribution < -0.4 is 0 Å². The summed E-state index contributed by atoms with van der Waals surface area (Å²) in [6.07, 6.45) is 8.58. The first-order valence-corrected chi connectivity index (χ1v) is 32.1. The van der Waals surface area contributed by atoms with Crippen LogP contribution in [0.1, 0.15) is 206 Å². The summed E-state index contributed by atoms with van der Waals surface area (Å²) in [4.78, 5) is 46.7. The molecule has 7 aromatic heterocycles. The number of aromatic nitrogens is 11. The van der Waals surface area contributed by atoms with Crippen LogP contribution in [0.4, 0.5) is 0 Å². The molecule has 10 aromatic rings. The van der Waals surface area contributed by atoms with Crippen molar-refractivity contribution in [3.8, 4) is 0 Å². The first-order chi connectivity index (χ1) is 41.6. The molecule has 0 radical (unpaired) electrons. The maximum absolute atomic E-state index is 5.08. The zero-order valence-corrected chi connectivity index (χ0v) is 61.6. The second-order valence-corrected chi connectivity index (χ2v) is 18.4. The quantitative estimate of drug-likeness (QED) is 0.133. The molecule has 0 aliphatic carbocycles. The summed E-state index contributed by atoms with van der Waals surface area (Å²) in [5.41, 5.74) is 8.69. The molecule has 0 aliphatic rings. The highest BCUT2D eigenvalue weighted by atomic mass is 32.1. The van der Waals surface area contributed by atoms with Gasteiger partial charge in [0.1, 0.15) is 47.0 Å². The standard InChI is InChI=1S/C16H14.C6H9N3.4C6H8N2.C6H8O.C6H8S.8C2H6/c1-11-3-7-15-13(9-11)5-6-14-10-12(2)4-8-16(14)15;1-4-7-5(2)9-6(3)8-4;1-5-3-7-4-6(2)8-5;1-5-3-6(2)8-4-7-5;2*1-5-3-4-7-6(2)8-5;2*1-5-3-4-6(2)7-5;8*1-2/h3-10H,1-2H3;1-3H3;4*3-4H,1-2H3;2*3-4H,1-2H3;8*1-2H3. The Balaban J connectivity index is -0.000000211. The van der Waals surface area contributed by atoms with E-state index in [1.54, 1.807) is 31.1 Å². The van der Waals surface area contributed by atoms with Crippen LogP contribution in [0.15, 0.2) is 127 Å². The Kier molecular flexibility index (Phi) is 62.7. The fraction of sp³-hybridized carbons (Fsp3) is 0.446. The molecular weight excluding hydrogens is 1090 g/mol. The van der Waals surface area contributed by atoms with Crippen molar-refractivity contribution < 1.29 is 4.42 Å². The number of aryl methyl sites for hydroxylation is 17. The van der Waals surface area contributed by atoms with Crippen molar-refractivity contribution in [2.24, 2.45) is 0 Å². The van der Waals surface area contributed by atoms with Crippen molar-refractivity contribution in [2.45, 2.75) is 228 Å². The molecule has 3 aromatic carbocycles. The van der Waals surface area contributed by atoms with Gasteiger partial charge in [0, 0.05) is 57.3 Å². The number of furan rings is 1. The Bertz CT molecular complexity index is 2740. The molecule has 0 saturated heterocycles. The smallest absolute Gasteiger partial charge is 0.129 e. The van der Waals surface area contributed by atoms with Crippen molar-refractivity contribution >= 4 is 32.9 Å². The summed E-state index contributed by atoms with van der Waals surface area (Å²) >= 11 is 1.84. The summed E-state index contributed by atoms with van der Waals surface area (Å²) in [7, 11) is 0. The Morgan fingerprint density at radius 3 is 0.828 bits per heavy atom. The molecule has 0 aliphatic heterocycles. The number of rotatable bonds is 0. The number of benzene rings is 3. The first-order valence-electron chi connectivity index (χ1n) is 31.3. The van der Waals surface area contributed by atoms with E-state index in [2.05, 4.69) is 143 Å². The van der Waals surface area contributed by atoms with Crippen LogP contribution in [-0.2, 0) is 0 Å². The highest BCUT2D eigenvalue weighted by molar-refractivity contribution is 7.11. The van der Waals surface area contributed by atoms with Crippen LogP contribution in [0.2, 0.25) is 0 Å². The van der Waals surface area contributed by atoms with Gasteiger partial charge in [-0.2, -0.15) is 0 Å². The number of hydrogen-bond acceptors (Lipinski definition) is 13. The van der Waals surface area contributed by atoms with Gasteiger partial charge in [0.25, 0.3) is 0 Å². The highest BCUT2D eigenvalue weighted by Crippen LogP contribution is 2.26. The van der Waals surface area contributed by atoms with Crippen molar-refractivity contribution in [3.63, 3.8) is 0 Å². The normalized spacial score (nSPS) is 8.52. The summed E-state index contributed by atoms with van der Waals surface area (Å²) < 4.78 is 5.08. The van der Waals surface area contributed by atoms with E-state index in [-0.39, 0.29) is 0 Å². The van der Waals surface area contributed by atoms with Crippen molar-refractivity contribution in [1.82, 2.24) is 54.8 Å². The molecule has 482 valence electrons.